The molecule has 0 amide bonds. The van der Waals surface area contributed by atoms with Gasteiger partial charge >= 0.3 is 0 Å². The monoisotopic (exact) mass is 197 g/mol. The fourth-order valence-electron chi connectivity index (χ4n) is 3.06. The quantitative estimate of drug-likeness (QED) is 0.671. The number of hydrogen-bond donors (Lipinski definition) is 1. The van der Waals surface area contributed by atoms with Gasteiger partial charge in [0.15, 0.2) is 0 Å². The summed E-state index contributed by atoms with van der Waals surface area (Å²) in [7, 11) is 0. The van der Waals surface area contributed by atoms with Gasteiger partial charge in [0.05, 0.1) is 0 Å². The Morgan fingerprint density at radius 2 is 1.50 bits per heavy atom. The van der Waals surface area contributed by atoms with E-state index in [1.807, 2.05) is 0 Å². The Labute approximate surface area is 89.5 Å². The first-order valence-corrected chi connectivity index (χ1v) is 6.22. The van der Waals surface area contributed by atoms with Crippen molar-refractivity contribution < 1.29 is 0 Å². The van der Waals surface area contributed by atoms with E-state index < -0.39 is 0 Å². The minimum absolute atomic E-state index is 0.427. The fourth-order valence-corrected chi connectivity index (χ4v) is 3.06. The Kier molecular flexibility index (Phi) is 4.00. The molecule has 0 aromatic carbocycles. The van der Waals surface area contributed by atoms with Gasteiger partial charge in [-0.25, -0.2) is 0 Å². The van der Waals surface area contributed by atoms with Crippen molar-refractivity contribution in [2.75, 3.05) is 6.54 Å². The van der Waals surface area contributed by atoms with Crippen molar-refractivity contribution in [1.82, 2.24) is 0 Å². The molecule has 0 aliphatic heterocycles. The molecule has 0 atom stereocenters. The molecule has 1 aliphatic carbocycles. The van der Waals surface area contributed by atoms with Crippen molar-refractivity contribution in [1.29, 1.82) is 0 Å². The van der Waals surface area contributed by atoms with Gasteiger partial charge in [0, 0.05) is 0 Å². The zero-order valence-corrected chi connectivity index (χ0v) is 10.2. The number of nitrogens with two attached hydrogens (primary N) is 1. The van der Waals surface area contributed by atoms with E-state index in [1.165, 1.54) is 44.9 Å². The highest BCUT2D eigenvalue weighted by molar-refractivity contribution is 4.91. The second-order valence-corrected chi connectivity index (χ2v) is 5.98. The van der Waals surface area contributed by atoms with Gasteiger partial charge in [-0.15, -0.1) is 0 Å². The summed E-state index contributed by atoms with van der Waals surface area (Å²) >= 11 is 0. The largest absolute Gasteiger partial charge is 0.330 e. The maximum Gasteiger partial charge on any atom is -0.00718 e. The highest BCUT2D eigenvalue weighted by atomic mass is 14.6. The second-order valence-electron chi connectivity index (χ2n) is 5.98. The normalized spacial score (nSPS) is 23.1. The van der Waals surface area contributed by atoms with Gasteiger partial charge in [-0.3, -0.25) is 0 Å². The zero-order valence-electron chi connectivity index (χ0n) is 10.2. The van der Waals surface area contributed by atoms with Crippen LogP contribution in [0, 0.1) is 10.8 Å². The summed E-state index contributed by atoms with van der Waals surface area (Å²) in [5.41, 5.74) is 6.75. The van der Waals surface area contributed by atoms with Crippen LogP contribution in [0.25, 0.3) is 0 Å². The third kappa shape index (κ3) is 2.50. The van der Waals surface area contributed by atoms with Crippen molar-refractivity contribution in [3.8, 4) is 0 Å². The van der Waals surface area contributed by atoms with E-state index in [4.69, 9.17) is 5.73 Å². The van der Waals surface area contributed by atoms with Crippen LogP contribution in [0.4, 0.5) is 0 Å². The Balaban J connectivity index is 2.77. The smallest absolute Gasteiger partial charge is 0.00718 e. The van der Waals surface area contributed by atoms with Crippen LogP contribution in [0.5, 0.6) is 0 Å². The first-order valence-electron chi connectivity index (χ1n) is 6.22. The fraction of sp³-hybridized carbons (Fsp3) is 1.00. The molecule has 1 nitrogen and oxygen atoms in total. The summed E-state index contributed by atoms with van der Waals surface area (Å²) in [6.07, 6.45) is 9.71. The van der Waals surface area contributed by atoms with Crippen LogP contribution in [0.2, 0.25) is 0 Å². The van der Waals surface area contributed by atoms with Gasteiger partial charge in [-0.05, 0) is 36.6 Å². The van der Waals surface area contributed by atoms with Crippen LogP contribution < -0.4 is 5.73 Å². The summed E-state index contributed by atoms with van der Waals surface area (Å²) in [6, 6.07) is 0. The van der Waals surface area contributed by atoms with Crippen LogP contribution in [0.15, 0.2) is 0 Å². The molecule has 0 radical (unpaired) electrons. The summed E-state index contributed by atoms with van der Waals surface area (Å²) in [4.78, 5) is 0. The molecule has 0 heterocycles. The van der Waals surface area contributed by atoms with Gasteiger partial charge in [0.2, 0.25) is 0 Å². The first-order chi connectivity index (χ1) is 6.52. The molecule has 84 valence electrons. The standard InChI is InChI=1S/C13H27N/c1-12(2,3)13(10-11-14)8-6-4-5-7-9-13/h4-11,14H2,1-3H3. The minimum Gasteiger partial charge on any atom is -0.330 e. The molecule has 0 spiro atoms. The van der Waals surface area contributed by atoms with E-state index in [-0.39, 0.29) is 0 Å². The molecule has 0 bridgehead atoms. The lowest BCUT2D eigenvalue weighted by molar-refractivity contribution is 0.0575. The van der Waals surface area contributed by atoms with Crippen LogP contribution in [-0.4, -0.2) is 6.54 Å². The molecular formula is C13H27N. The van der Waals surface area contributed by atoms with Crippen molar-refractivity contribution in [3.05, 3.63) is 0 Å². The molecule has 0 unspecified atom stereocenters. The van der Waals surface area contributed by atoms with Crippen molar-refractivity contribution in [2.45, 2.75) is 65.7 Å². The van der Waals surface area contributed by atoms with E-state index in [0.29, 0.717) is 10.8 Å². The van der Waals surface area contributed by atoms with E-state index in [1.54, 1.807) is 0 Å². The SMILES string of the molecule is CC(C)(C)C1(CCN)CCCCCC1. The van der Waals surface area contributed by atoms with Gasteiger partial charge in [-0.2, -0.15) is 0 Å². The van der Waals surface area contributed by atoms with Crippen LogP contribution in [-0.2, 0) is 0 Å². The summed E-state index contributed by atoms with van der Waals surface area (Å²) in [5, 5.41) is 0. The Morgan fingerprint density at radius 3 is 1.86 bits per heavy atom. The molecule has 14 heavy (non-hydrogen) atoms. The van der Waals surface area contributed by atoms with Crippen molar-refractivity contribution in [2.24, 2.45) is 16.6 Å². The second kappa shape index (κ2) is 4.65. The van der Waals surface area contributed by atoms with Gasteiger partial charge in [-0.1, -0.05) is 46.5 Å². The predicted octanol–water partition coefficient (Wildman–Crippen LogP) is 3.72. The van der Waals surface area contributed by atoms with Crippen LogP contribution in [0.1, 0.15) is 65.7 Å². The molecule has 0 aromatic rings. The molecule has 2 N–H and O–H groups in total. The van der Waals surface area contributed by atoms with E-state index in [0.717, 1.165) is 6.54 Å². The lowest BCUT2D eigenvalue weighted by Crippen LogP contribution is -2.37. The van der Waals surface area contributed by atoms with Gasteiger partial charge in [0.1, 0.15) is 0 Å². The zero-order chi connectivity index (χ0) is 10.7. The molecule has 1 rings (SSSR count). The Morgan fingerprint density at radius 1 is 1.00 bits per heavy atom. The highest BCUT2D eigenvalue weighted by Gasteiger charge is 2.40. The van der Waals surface area contributed by atoms with E-state index in [9.17, 15) is 0 Å². The van der Waals surface area contributed by atoms with Crippen molar-refractivity contribution >= 4 is 0 Å². The molecule has 0 aromatic heterocycles. The van der Waals surface area contributed by atoms with Crippen LogP contribution in [0.3, 0.4) is 0 Å². The van der Waals surface area contributed by atoms with Crippen LogP contribution >= 0.6 is 0 Å². The molecule has 1 aliphatic rings. The van der Waals surface area contributed by atoms with E-state index in [2.05, 4.69) is 20.8 Å². The predicted molar refractivity (Wildman–Crippen MR) is 63.3 cm³/mol. The first kappa shape index (κ1) is 12.0. The Bertz CT molecular complexity index is 159. The summed E-state index contributed by atoms with van der Waals surface area (Å²) in [5.74, 6) is 0. The molecule has 1 saturated carbocycles. The summed E-state index contributed by atoms with van der Waals surface area (Å²) < 4.78 is 0. The number of hydrogen-bond acceptors (Lipinski definition) is 1. The molecule has 1 fully saturated rings. The number of rotatable bonds is 2. The maximum absolute atomic E-state index is 5.79. The lowest BCUT2D eigenvalue weighted by Gasteiger charge is -2.45. The maximum atomic E-state index is 5.79. The van der Waals surface area contributed by atoms with E-state index >= 15 is 0 Å². The topological polar surface area (TPSA) is 26.0 Å². The molecule has 1 heteroatoms. The average Bonchev–Trinajstić information content (AvgIpc) is 2.30. The van der Waals surface area contributed by atoms with Gasteiger partial charge in [0.25, 0.3) is 0 Å². The third-order valence-electron chi connectivity index (χ3n) is 4.27. The lowest BCUT2D eigenvalue weighted by atomic mass is 9.60. The average molecular weight is 197 g/mol. The third-order valence-corrected chi connectivity index (χ3v) is 4.27. The highest BCUT2D eigenvalue weighted by Crippen LogP contribution is 2.50. The molecule has 0 saturated heterocycles. The summed E-state index contributed by atoms with van der Waals surface area (Å²) in [6.45, 7) is 8.05. The Hall–Kier alpha value is -0.0400. The minimum atomic E-state index is 0.427. The van der Waals surface area contributed by atoms with Gasteiger partial charge < -0.3 is 5.73 Å². The van der Waals surface area contributed by atoms with Crippen molar-refractivity contribution in [3.63, 3.8) is 0 Å². The molecular weight excluding hydrogens is 170 g/mol.